The van der Waals surface area contributed by atoms with E-state index in [0.717, 1.165) is 0 Å². The zero-order chi connectivity index (χ0) is 22.3. The molecule has 0 aromatic heterocycles. The molecule has 1 aliphatic carbocycles. The Kier molecular flexibility index (Phi) is 8.34. The number of aliphatic hydroxyl groups is 2. The predicted octanol–water partition coefficient (Wildman–Crippen LogP) is -3.37. The fraction of sp³-hybridized carbons (Fsp3) is 1.00. The molecular formula is C6H16O18P4. The molecule has 1 fully saturated rings. The summed E-state index contributed by atoms with van der Waals surface area (Å²) in [6.07, 6.45) is -15.9. The number of phosphoric ester groups is 4. The van der Waals surface area contributed by atoms with Crippen LogP contribution in [0.15, 0.2) is 0 Å². The average Bonchev–Trinajstić information content (AvgIpc) is 2.39. The average molecular weight is 500 g/mol. The Morgan fingerprint density at radius 3 is 0.786 bits per heavy atom. The molecule has 0 aromatic rings. The van der Waals surface area contributed by atoms with E-state index in [1.807, 2.05) is 0 Å². The number of phosphoric acid groups is 4. The van der Waals surface area contributed by atoms with Crippen LogP contribution in [0.5, 0.6) is 0 Å². The molecule has 0 unspecified atom stereocenters. The van der Waals surface area contributed by atoms with Gasteiger partial charge in [-0.05, 0) is 0 Å². The van der Waals surface area contributed by atoms with Gasteiger partial charge < -0.3 is 49.4 Å². The Morgan fingerprint density at radius 2 is 0.607 bits per heavy atom. The lowest BCUT2D eigenvalue weighted by Gasteiger charge is -2.45. The molecule has 0 radical (unpaired) electrons. The van der Waals surface area contributed by atoms with Crippen LogP contribution in [-0.4, -0.2) is 86.0 Å². The first-order valence-electron chi connectivity index (χ1n) is 6.52. The van der Waals surface area contributed by atoms with Crippen molar-refractivity contribution in [1.82, 2.24) is 0 Å². The highest BCUT2D eigenvalue weighted by Crippen LogP contribution is 2.52. The maximum Gasteiger partial charge on any atom is 0.470 e. The molecule has 168 valence electrons. The van der Waals surface area contributed by atoms with Crippen molar-refractivity contribution in [2.75, 3.05) is 0 Å². The summed E-state index contributed by atoms with van der Waals surface area (Å²) < 4.78 is 60.6. The number of hydrogen-bond acceptors (Lipinski definition) is 10. The highest BCUT2D eigenvalue weighted by molar-refractivity contribution is 7.47. The molecule has 10 N–H and O–H groups in total. The Balaban J connectivity index is 3.53. The van der Waals surface area contributed by atoms with Gasteiger partial charge in [-0.25, -0.2) is 18.3 Å². The van der Waals surface area contributed by atoms with Gasteiger partial charge in [-0.15, -0.1) is 0 Å². The quantitative estimate of drug-likeness (QED) is 0.145. The highest BCUT2D eigenvalue weighted by Gasteiger charge is 2.58. The molecule has 1 aliphatic rings. The van der Waals surface area contributed by atoms with Crippen molar-refractivity contribution in [3.63, 3.8) is 0 Å². The van der Waals surface area contributed by atoms with E-state index in [0.29, 0.717) is 0 Å². The summed E-state index contributed by atoms with van der Waals surface area (Å²) in [7, 11) is -22.5. The van der Waals surface area contributed by atoms with Crippen LogP contribution < -0.4 is 0 Å². The van der Waals surface area contributed by atoms with Crippen molar-refractivity contribution in [3.05, 3.63) is 0 Å². The van der Waals surface area contributed by atoms with Crippen molar-refractivity contribution < 1.29 is 85.7 Å². The minimum absolute atomic E-state index is 2.60. The summed E-state index contributed by atoms with van der Waals surface area (Å²) in [6, 6.07) is 0. The fourth-order valence-corrected chi connectivity index (χ4v) is 4.51. The summed E-state index contributed by atoms with van der Waals surface area (Å²) in [6.45, 7) is 0. The van der Waals surface area contributed by atoms with Gasteiger partial charge in [0.15, 0.2) is 0 Å². The summed E-state index contributed by atoms with van der Waals surface area (Å²) in [5.74, 6) is 0. The van der Waals surface area contributed by atoms with E-state index in [1.165, 1.54) is 0 Å². The van der Waals surface area contributed by atoms with E-state index in [2.05, 4.69) is 18.1 Å². The topological polar surface area (TPSA) is 308 Å². The SMILES string of the molecule is O=P(O)(O)O[C@H]1[C@H](OP(=O)(O)O)[C@@H](OP(=O)(O)O)[C@@H](O)[C@@H](O)[C@@H]1OP(=O)(O)O. The van der Waals surface area contributed by atoms with Crippen molar-refractivity contribution >= 4 is 31.3 Å². The summed E-state index contributed by atoms with van der Waals surface area (Å²) in [4.78, 5) is 71.1. The summed E-state index contributed by atoms with van der Waals surface area (Å²) in [5, 5.41) is 19.8. The number of hydrogen-bond donors (Lipinski definition) is 10. The van der Waals surface area contributed by atoms with Gasteiger partial charge in [0.1, 0.15) is 36.6 Å². The maximum atomic E-state index is 11.1. The monoisotopic (exact) mass is 500 g/mol. The van der Waals surface area contributed by atoms with Crippen molar-refractivity contribution in [2.24, 2.45) is 0 Å². The Bertz CT molecular complexity index is 664. The minimum Gasteiger partial charge on any atom is -0.387 e. The van der Waals surface area contributed by atoms with E-state index in [-0.39, 0.29) is 0 Å². The maximum absolute atomic E-state index is 11.1. The predicted molar refractivity (Wildman–Crippen MR) is 79.7 cm³/mol. The van der Waals surface area contributed by atoms with Crippen LogP contribution in [0.1, 0.15) is 0 Å². The Labute approximate surface area is 154 Å². The number of rotatable bonds is 8. The first-order valence-corrected chi connectivity index (χ1v) is 12.6. The lowest BCUT2D eigenvalue weighted by atomic mass is 9.85. The van der Waals surface area contributed by atoms with E-state index >= 15 is 0 Å². The normalized spacial score (nSPS) is 33.1. The van der Waals surface area contributed by atoms with Gasteiger partial charge >= 0.3 is 31.3 Å². The van der Waals surface area contributed by atoms with Crippen molar-refractivity contribution in [1.29, 1.82) is 0 Å². The molecule has 18 nitrogen and oxygen atoms in total. The molecule has 22 heteroatoms. The molecule has 0 aromatic carbocycles. The summed E-state index contributed by atoms with van der Waals surface area (Å²) >= 11 is 0. The van der Waals surface area contributed by atoms with E-state index < -0.39 is 67.9 Å². The van der Waals surface area contributed by atoms with E-state index in [9.17, 15) is 28.5 Å². The number of aliphatic hydroxyl groups excluding tert-OH is 2. The molecule has 1 rings (SSSR count). The third-order valence-corrected chi connectivity index (χ3v) is 5.10. The van der Waals surface area contributed by atoms with Crippen LogP contribution in [-0.2, 0) is 36.4 Å². The molecule has 28 heavy (non-hydrogen) atoms. The molecule has 6 atom stereocenters. The zero-order valence-electron chi connectivity index (χ0n) is 13.0. The van der Waals surface area contributed by atoms with Crippen LogP contribution in [0.2, 0.25) is 0 Å². The minimum atomic E-state index is -5.67. The second kappa shape index (κ2) is 8.85. The molecule has 1 saturated carbocycles. The van der Waals surface area contributed by atoms with Gasteiger partial charge in [0.05, 0.1) is 0 Å². The van der Waals surface area contributed by atoms with Gasteiger partial charge in [0.25, 0.3) is 0 Å². The smallest absolute Gasteiger partial charge is 0.387 e. The van der Waals surface area contributed by atoms with Crippen LogP contribution in [0, 0.1) is 0 Å². The largest absolute Gasteiger partial charge is 0.470 e. The van der Waals surface area contributed by atoms with Gasteiger partial charge in [-0.3, -0.25) is 18.1 Å². The lowest BCUT2D eigenvalue weighted by Crippen LogP contribution is -2.65. The molecule has 0 aliphatic heterocycles. The summed E-state index contributed by atoms with van der Waals surface area (Å²) in [5.41, 5.74) is 0. The first kappa shape index (κ1) is 26.4. The zero-order valence-corrected chi connectivity index (χ0v) is 16.6. The molecule has 0 saturated heterocycles. The molecule has 0 spiro atoms. The van der Waals surface area contributed by atoms with Gasteiger partial charge in [0.2, 0.25) is 0 Å². The van der Waals surface area contributed by atoms with Gasteiger partial charge in [0, 0.05) is 0 Å². The second-order valence-corrected chi connectivity index (χ2v) is 9.99. The molecular weight excluding hydrogens is 484 g/mol. The second-order valence-electron chi connectivity index (χ2n) is 5.22. The van der Waals surface area contributed by atoms with Gasteiger partial charge in [-0.2, -0.15) is 0 Å². The fourth-order valence-electron chi connectivity index (χ4n) is 2.27. The third kappa shape index (κ3) is 8.62. The Hall–Kier alpha value is 0.360. The lowest BCUT2D eigenvalue weighted by molar-refractivity contribution is -0.209. The van der Waals surface area contributed by atoms with Crippen LogP contribution >= 0.6 is 31.3 Å². The molecule has 0 amide bonds. The highest BCUT2D eigenvalue weighted by atomic mass is 31.2. The van der Waals surface area contributed by atoms with Crippen molar-refractivity contribution in [2.45, 2.75) is 36.6 Å². The van der Waals surface area contributed by atoms with E-state index in [1.54, 1.807) is 0 Å². The van der Waals surface area contributed by atoms with Crippen LogP contribution in [0.25, 0.3) is 0 Å². The van der Waals surface area contributed by atoms with Crippen LogP contribution in [0.4, 0.5) is 0 Å². The van der Waals surface area contributed by atoms with Crippen LogP contribution in [0.3, 0.4) is 0 Å². The molecule has 0 heterocycles. The van der Waals surface area contributed by atoms with Gasteiger partial charge in [-0.1, -0.05) is 0 Å². The standard InChI is InChI=1S/C6H16O18P4/c7-1-2(8)4(22-26(12,13)14)6(24-28(18,19)20)5(23-27(15,16)17)3(1)21-25(9,10)11/h1-8H,(H2,9,10,11)(H2,12,13,14)(H2,15,16,17)(H2,18,19,20)/t1-,2+,3-,4-,5+,6+/m0/s1. The Morgan fingerprint density at radius 1 is 0.429 bits per heavy atom. The molecule has 0 bridgehead atoms. The van der Waals surface area contributed by atoms with Crippen molar-refractivity contribution in [3.8, 4) is 0 Å². The third-order valence-electron chi connectivity index (χ3n) is 3.03. The van der Waals surface area contributed by atoms with E-state index in [4.69, 9.17) is 39.1 Å². The first-order chi connectivity index (χ1) is 12.2.